The Labute approximate surface area is 156 Å². The number of carbonyl (C=O) groups is 2. The molecule has 1 aliphatic rings. The van der Waals surface area contributed by atoms with Crippen LogP contribution in [-0.4, -0.2) is 62.5 Å². The summed E-state index contributed by atoms with van der Waals surface area (Å²) < 4.78 is 5.46. The van der Waals surface area contributed by atoms with Crippen LogP contribution in [0, 0.1) is 11.8 Å². The predicted octanol–water partition coefficient (Wildman–Crippen LogP) is 1.92. The number of benzene rings is 1. The summed E-state index contributed by atoms with van der Waals surface area (Å²) in [5, 5.41) is 3.04. The van der Waals surface area contributed by atoms with Gasteiger partial charge in [-0.1, -0.05) is 32.0 Å². The average molecular weight is 361 g/mol. The van der Waals surface area contributed by atoms with Gasteiger partial charge in [0.05, 0.1) is 19.1 Å². The van der Waals surface area contributed by atoms with E-state index in [0.29, 0.717) is 32.0 Å². The van der Waals surface area contributed by atoms with Gasteiger partial charge in [-0.05, 0) is 26.1 Å². The third-order valence-electron chi connectivity index (χ3n) is 4.76. The summed E-state index contributed by atoms with van der Waals surface area (Å²) in [6.45, 7) is 5.86. The van der Waals surface area contributed by atoms with Gasteiger partial charge in [0.2, 0.25) is 11.8 Å². The smallest absolute Gasteiger partial charge is 0.225 e. The topological polar surface area (TPSA) is 61.9 Å². The highest BCUT2D eigenvalue weighted by Gasteiger charge is 2.34. The van der Waals surface area contributed by atoms with E-state index < -0.39 is 0 Å². The summed E-state index contributed by atoms with van der Waals surface area (Å²) in [6, 6.07) is 7.84. The van der Waals surface area contributed by atoms with Crippen molar-refractivity contribution < 1.29 is 14.3 Å². The minimum Gasteiger partial charge on any atom is -0.496 e. The zero-order valence-electron chi connectivity index (χ0n) is 16.5. The molecule has 0 aliphatic carbocycles. The van der Waals surface area contributed by atoms with Crippen LogP contribution in [0.4, 0.5) is 0 Å². The van der Waals surface area contributed by atoms with Gasteiger partial charge in [0.1, 0.15) is 5.75 Å². The van der Waals surface area contributed by atoms with Gasteiger partial charge < -0.3 is 19.9 Å². The third-order valence-corrected chi connectivity index (χ3v) is 4.76. The lowest BCUT2D eigenvalue weighted by Gasteiger charge is -2.27. The summed E-state index contributed by atoms with van der Waals surface area (Å²) in [5.41, 5.74) is 1.03. The van der Waals surface area contributed by atoms with Crippen molar-refractivity contribution in [1.82, 2.24) is 15.1 Å². The Morgan fingerprint density at radius 2 is 2.04 bits per heavy atom. The molecule has 2 atom stereocenters. The van der Waals surface area contributed by atoms with Crippen LogP contribution in [0.3, 0.4) is 0 Å². The number of likely N-dealkylation sites (N-methyl/N-ethyl adjacent to an activating group) is 1. The van der Waals surface area contributed by atoms with Crippen LogP contribution in [0.5, 0.6) is 5.75 Å². The van der Waals surface area contributed by atoms with E-state index in [1.807, 2.05) is 38.4 Å². The van der Waals surface area contributed by atoms with Crippen LogP contribution in [0.2, 0.25) is 0 Å². The molecule has 0 spiro atoms. The minimum absolute atomic E-state index is 0.000952. The Hall–Kier alpha value is -2.08. The molecule has 1 aromatic carbocycles. The van der Waals surface area contributed by atoms with Crippen LogP contribution in [-0.2, 0) is 9.59 Å². The van der Waals surface area contributed by atoms with E-state index >= 15 is 0 Å². The summed E-state index contributed by atoms with van der Waals surface area (Å²) in [6.07, 6.45) is 0.305. The number of rotatable bonds is 8. The molecule has 0 saturated carbocycles. The SMILES string of the molecule is COc1ccccc1C(CNC(=O)C1CC(=O)N(CC(C)C)C1)N(C)C. The van der Waals surface area contributed by atoms with Crippen molar-refractivity contribution in [3.05, 3.63) is 29.8 Å². The van der Waals surface area contributed by atoms with E-state index in [2.05, 4.69) is 24.1 Å². The number of likely N-dealkylation sites (tertiary alicyclic amines) is 1. The molecule has 26 heavy (non-hydrogen) atoms. The van der Waals surface area contributed by atoms with Crippen molar-refractivity contribution in [1.29, 1.82) is 0 Å². The summed E-state index contributed by atoms with van der Waals surface area (Å²) in [4.78, 5) is 28.6. The molecule has 2 rings (SSSR count). The number of ether oxygens (including phenoxy) is 1. The first-order valence-corrected chi connectivity index (χ1v) is 9.18. The van der Waals surface area contributed by atoms with Gasteiger partial charge in [0.25, 0.3) is 0 Å². The Kier molecular flexibility index (Phi) is 7.03. The molecule has 2 amide bonds. The van der Waals surface area contributed by atoms with Crippen molar-refractivity contribution in [2.45, 2.75) is 26.3 Å². The Morgan fingerprint density at radius 3 is 2.65 bits per heavy atom. The van der Waals surface area contributed by atoms with E-state index in [9.17, 15) is 9.59 Å². The van der Waals surface area contributed by atoms with Gasteiger partial charge in [-0.2, -0.15) is 0 Å². The number of amides is 2. The second-order valence-corrected chi connectivity index (χ2v) is 7.56. The summed E-state index contributed by atoms with van der Waals surface area (Å²) in [7, 11) is 5.61. The molecule has 1 saturated heterocycles. The van der Waals surface area contributed by atoms with Crippen LogP contribution in [0.25, 0.3) is 0 Å². The van der Waals surface area contributed by atoms with Crippen LogP contribution in [0.15, 0.2) is 24.3 Å². The molecule has 6 nitrogen and oxygen atoms in total. The lowest BCUT2D eigenvalue weighted by molar-refractivity contribution is -0.129. The number of nitrogens with zero attached hydrogens (tertiary/aromatic N) is 2. The number of methoxy groups -OCH3 is 1. The number of carbonyl (C=O) groups excluding carboxylic acids is 2. The molecule has 1 aliphatic heterocycles. The van der Waals surface area contributed by atoms with E-state index in [0.717, 1.165) is 11.3 Å². The second kappa shape index (κ2) is 9.03. The van der Waals surface area contributed by atoms with E-state index in [1.54, 1.807) is 12.0 Å². The van der Waals surface area contributed by atoms with Gasteiger partial charge in [0.15, 0.2) is 0 Å². The highest BCUT2D eigenvalue weighted by atomic mass is 16.5. The van der Waals surface area contributed by atoms with Crippen LogP contribution < -0.4 is 10.1 Å². The molecule has 1 heterocycles. The summed E-state index contributed by atoms with van der Waals surface area (Å²) in [5.74, 6) is 0.977. The first-order chi connectivity index (χ1) is 12.3. The number of para-hydroxylation sites is 1. The number of nitrogens with one attached hydrogen (secondary N) is 1. The van der Waals surface area contributed by atoms with Crippen molar-refractivity contribution in [2.75, 3.05) is 40.8 Å². The Bertz CT molecular complexity index is 630. The molecule has 144 valence electrons. The third kappa shape index (κ3) is 4.97. The predicted molar refractivity (Wildman–Crippen MR) is 102 cm³/mol. The van der Waals surface area contributed by atoms with Gasteiger partial charge in [-0.25, -0.2) is 0 Å². The van der Waals surface area contributed by atoms with Crippen molar-refractivity contribution in [3.8, 4) is 5.75 Å². The fourth-order valence-corrected chi connectivity index (χ4v) is 3.42. The van der Waals surface area contributed by atoms with Gasteiger partial charge in [-0.15, -0.1) is 0 Å². The van der Waals surface area contributed by atoms with Crippen molar-refractivity contribution in [3.63, 3.8) is 0 Å². The molecule has 1 aromatic rings. The lowest BCUT2D eigenvalue weighted by Crippen LogP contribution is -2.39. The molecular weight excluding hydrogens is 330 g/mol. The van der Waals surface area contributed by atoms with Gasteiger partial charge >= 0.3 is 0 Å². The van der Waals surface area contributed by atoms with Gasteiger partial charge in [-0.3, -0.25) is 9.59 Å². The molecule has 2 unspecified atom stereocenters. The quantitative estimate of drug-likeness (QED) is 0.768. The summed E-state index contributed by atoms with van der Waals surface area (Å²) >= 11 is 0. The molecule has 0 bridgehead atoms. The first kappa shape index (κ1) is 20.2. The maximum absolute atomic E-state index is 12.6. The Morgan fingerprint density at radius 1 is 1.35 bits per heavy atom. The van der Waals surface area contributed by atoms with Crippen molar-refractivity contribution in [2.24, 2.45) is 11.8 Å². The number of hydrogen-bond donors (Lipinski definition) is 1. The van der Waals surface area contributed by atoms with Crippen molar-refractivity contribution >= 4 is 11.8 Å². The fourth-order valence-electron chi connectivity index (χ4n) is 3.42. The largest absolute Gasteiger partial charge is 0.496 e. The van der Waals surface area contributed by atoms with Gasteiger partial charge in [0, 0.05) is 31.6 Å². The molecule has 0 aromatic heterocycles. The second-order valence-electron chi connectivity index (χ2n) is 7.56. The monoisotopic (exact) mass is 361 g/mol. The lowest BCUT2D eigenvalue weighted by atomic mass is 10.0. The highest BCUT2D eigenvalue weighted by Crippen LogP contribution is 2.27. The van der Waals surface area contributed by atoms with E-state index in [4.69, 9.17) is 4.74 Å². The maximum Gasteiger partial charge on any atom is 0.225 e. The van der Waals surface area contributed by atoms with Crippen LogP contribution >= 0.6 is 0 Å². The fraction of sp³-hybridized carbons (Fsp3) is 0.600. The molecule has 1 fully saturated rings. The number of hydrogen-bond acceptors (Lipinski definition) is 4. The maximum atomic E-state index is 12.6. The standard InChI is InChI=1S/C20H31N3O3/c1-14(2)12-23-13-15(10-19(23)24)20(25)21-11-17(22(3)4)16-8-6-7-9-18(16)26-5/h6-9,14-15,17H,10-13H2,1-5H3,(H,21,25). The zero-order valence-corrected chi connectivity index (χ0v) is 16.5. The Balaban J connectivity index is 1.99. The van der Waals surface area contributed by atoms with Crippen LogP contribution in [0.1, 0.15) is 31.9 Å². The zero-order chi connectivity index (χ0) is 19.3. The first-order valence-electron chi connectivity index (χ1n) is 9.18. The average Bonchev–Trinajstić information content (AvgIpc) is 2.95. The van der Waals surface area contributed by atoms with E-state index in [-0.39, 0.29) is 23.8 Å². The molecule has 0 radical (unpaired) electrons. The normalized spacial score (nSPS) is 18.5. The molecule has 1 N–H and O–H groups in total. The molecular formula is C20H31N3O3. The van der Waals surface area contributed by atoms with E-state index in [1.165, 1.54) is 0 Å². The molecule has 6 heteroatoms. The highest BCUT2D eigenvalue weighted by molar-refractivity contribution is 5.89. The minimum atomic E-state index is -0.262.